The van der Waals surface area contributed by atoms with E-state index in [1.807, 2.05) is 27.7 Å². The number of aromatic nitrogens is 4. The average molecular weight is 268 g/mol. The van der Waals surface area contributed by atoms with Gasteiger partial charge in [-0.25, -0.2) is 0 Å². The Kier molecular flexibility index (Phi) is 3.45. The first-order valence-electron chi connectivity index (χ1n) is 5.78. The minimum atomic E-state index is -0.693. The molecule has 2 aromatic rings. The second-order valence-electron chi connectivity index (χ2n) is 5.08. The van der Waals surface area contributed by atoms with E-state index in [0.717, 1.165) is 10.6 Å². The summed E-state index contributed by atoms with van der Waals surface area (Å²) in [4.78, 5) is 4.97. The van der Waals surface area contributed by atoms with Crippen LogP contribution in [0.15, 0.2) is 4.52 Å². The number of hydrogen-bond donors (Lipinski definition) is 1. The van der Waals surface area contributed by atoms with Gasteiger partial charge in [0, 0.05) is 5.41 Å². The molecule has 0 aromatic carbocycles. The van der Waals surface area contributed by atoms with Crippen molar-refractivity contribution in [3.63, 3.8) is 0 Å². The lowest BCUT2D eigenvalue weighted by molar-refractivity contribution is 0.159. The summed E-state index contributed by atoms with van der Waals surface area (Å²) in [5, 5.41) is 17.6. The van der Waals surface area contributed by atoms with Crippen molar-refractivity contribution in [2.75, 3.05) is 0 Å². The van der Waals surface area contributed by atoms with Crippen LogP contribution < -0.4 is 0 Å². The second-order valence-corrected chi connectivity index (χ2v) is 5.84. The molecule has 1 N–H and O–H groups in total. The Bertz CT molecular complexity index is 529. The summed E-state index contributed by atoms with van der Waals surface area (Å²) in [7, 11) is 0. The molecule has 2 aromatic heterocycles. The van der Waals surface area contributed by atoms with Gasteiger partial charge in [0.25, 0.3) is 5.89 Å². The highest BCUT2D eigenvalue weighted by Gasteiger charge is 2.27. The van der Waals surface area contributed by atoms with Gasteiger partial charge in [-0.1, -0.05) is 37.3 Å². The van der Waals surface area contributed by atoms with Crippen molar-refractivity contribution in [2.24, 2.45) is 0 Å². The molecule has 0 radical (unpaired) electrons. The summed E-state index contributed by atoms with van der Waals surface area (Å²) in [6.45, 7) is 8.00. The first-order valence-corrected chi connectivity index (χ1v) is 6.55. The van der Waals surface area contributed by atoms with Crippen molar-refractivity contribution in [3.8, 4) is 10.8 Å². The minimum Gasteiger partial charge on any atom is -0.385 e. The molecule has 0 amide bonds. The Morgan fingerprint density at radius 1 is 1.39 bits per heavy atom. The zero-order valence-electron chi connectivity index (χ0n) is 10.8. The monoisotopic (exact) mass is 268 g/mol. The molecule has 0 saturated heterocycles. The fraction of sp³-hybridized carbons (Fsp3) is 0.636. The predicted molar refractivity (Wildman–Crippen MR) is 67.2 cm³/mol. The van der Waals surface area contributed by atoms with Gasteiger partial charge >= 0.3 is 0 Å². The Morgan fingerprint density at radius 3 is 2.72 bits per heavy atom. The maximum atomic E-state index is 9.66. The Morgan fingerprint density at radius 2 is 2.11 bits per heavy atom. The van der Waals surface area contributed by atoms with E-state index in [-0.39, 0.29) is 5.41 Å². The third kappa shape index (κ3) is 2.41. The molecular formula is C11H16N4O2S. The van der Waals surface area contributed by atoms with Crippen LogP contribution in [0.25, 0.3) is 10.8 Å². The largest absolute Gasteiger partial charge is 0.385 e. The zero-order valence-corrected chi connectivity index (χ0v) is 11.7. The van der Waals surface area contributed by atoms with E-state index < -0.39 is 6.10 Å². The van der Waals surface area contributed by atoms with Crippen molar-refractivity contribution in [1.29, 1.82) is 0 Å². The van der Waals surface area contributed by atoms with Gasteiger partial charge in [-0.2, -0.15) is 4.98 Å². The van der Waals surface area contributed by atoms with Gasteiger partial charge in [-0.15, -0.1) is 5.10 Å². The van der Waals surface area contributed by atoms with Gasteiger partial charge in [0.15, 0.2) is 0 Å². The molecule has 1 atom stereocenters. The van der Waals surface area contributed by atoms with E-state index in [9.17, 15) is 5.11 Å². The van der Waals surface area contributed by atoms with Crippen LogP contribution in [-0.2, 0) is 5.41 Å². The molecule has 0 aliphatic carbocycles. The maximum Gasteiger partial charge on any atom is 0.271 e. The lowest BCUT2D eigenvalue weighted by atomic mass is 9.91. The molecular weight excluding hydrogens is 252 g/mol. The molecule has 0 bridgehead atoms. The summed E-state index contributed by atoms with van der Waals surface area (Å²) >= 11 is 1.22. The molecule has 0 fully saturated rings. The topological polar surface area (TPSA) is 84.9 Å². The molecule has 7 heteroatoms. The predicted octanol–water partition coefficient (Wildman–Crippen LogP) is 2.33. The summed E-state index contributed by atoms with van der Waals surface area (Å²) in [6.07, 6.45) is -0.145. The van der Waals surface area contributed by atoms with Crippen molar-refractivity contribution in [3.05, 3.63) is 11.5 Å². The number of rotatable bonds is 3. The summed E-state index contributed by atoms with van der Waals surface area (Å²) < 4.78 is 9.12. The number of hydrogen-bond acceptors (Lipinski definition) is 7. The first-order chi connectivity index (χ1) is 8.43. The Balaban J connectivity index is 2.38. The molecule has 18 heavy (non-hydrogen) atoms. The minimum absolute atomic E-state index is 0.139. The van der Waals surface area contributed by atoms with Crippen LogP contribution in [0.4, 0.5) is 0 Å². The molecule has 1 unspecified atom stereocenters. The third-order valence-electron chi connectivity index (χ3n) is 2.52. The summed E-state index contributed by atoms with van der Waals surface area (Å²) in [5.41, 5.74) is 0.689. The highest BCUT2D eigenvalue weighted by Crippen LogP contribution is 2.33. The van der Waals surface area contributed by atoms with E-state index in [4.69, 9.17) is 4.52 Å². The quantitative estimate of drug-likeness (QED) is 0.919. The van der Waals surface area contributed by atoms with E-state index in [0.29, 0.717) is 18.1 Å². The van der Waals surface area contributed by atoms with Crippen molar-refractivity contribution < 1.29 is 9.63 Å². The van der Waals surface area contributed by atoms with E-state index in [1.165, 1.54) is 11.5 Å². The van der Waals surface area contributed by atoms with Crippen LogP contribution in [0.2, 0.25) is 0 Å². The molecule has 6 nitrogen and oxygen atoms in total. The highest BCUT2D eigenvalue weighted by molar-refractivity contribution is 7.09. The molecule has 0 aliphatic heterocycles. The second kappa shape index (κ2) is 4.74. The van der Waals surface area contributed by atoms with Crippen LogP contribution >= 0.6 is 11.5 Å². The highest BCUT2D eigenvalue weighted by atomic mass is 32.1. The normalized spacial score (nSPS) is 13.8. The fourth-order valence-electron chi connectivity index (χ4n) is 1.47. The van der Waals surface area contributed by atoms with Gasteiger partial charge in [0.1, 0.15) is 11.0 Å². The number of aliphatic hydroxyl groups is 1. The zero-order chi connectivity index (χ0) is 13.3. The lowest BCUT2D eigenvalue weighted by Crippen LogP contribution is -2.13. The van der Waals surface area contributed by atoms with Gasteiger partial charge in [0.2, 0.25) is 5.82 Å². The molecule has 2 heterocycles. The SMILES string of the molecule is CCC(O)c1noc(-c2snnc2C(C)(C)C)n1. The van der Waals surface area contributed by atoms with Crippen molar-refractivity contribution in [1.82, 2.24) is 19.7 Å². The molecule has 98 valence electrons. The van der Waals surface area contributed by atoms with Crippen molar-refractivity contribution >= 4 is 11.5 Å². The van der Waals surface area contributed by atoms with Gasteiger partial charge in [-0.3, -0.25) is 0 Å². The van der Waals surface area contributed by atoms with Crippen molar-refractivity contribution in [2.45, 2.75) is 45.6 Å². The smallest absolute Gasteiger partial charge is 0.271 e. The Hall–Kier alpha value is -1.34. The first kappa shape index (κ1) is 13.1. The number of aliphatic hydroxyl groups excluding tert-OH is 1. The number of nitrogens with zero attached hydrogens (tertiary/aromatic N) is 4. The average Bonchev–Trinajstić information content (AvgIpc) is 2.94. The van der Waals surface area contributed by atoms with Crippen LogP contribution in [0.5, 0.6) is 0 Å². The molecule has 2 rings (SSSR count). The molecule has 0 saturated carbocycles. The van der Waals surface area contributed by atoms with Crippen LogP contribution in [0, 0.1) is 0 Å². The van der Waals surface area contributed by atoms with Gasteiger partial charge in [0.05, 0.1) is 5.69 Å². The van der Waals surface area contributed by atoms with Crippen LogP contribution in [-0.4, -0.2) is 24.8 Å². The third-order valence-corrected chi connectivity index (χ3v) is 3.23. The van der Waals surface area contributed by atoms with Gasteiger partial charge < -0.3 is 9.63 Å². The fourth-order valence-corrected chi connectivity index (χ4v) is 2.27. The van der Waals surface area contributed by atoms with E-state index in [1.54, 1.807) is 0 Å². The Labute approximate surface area is 109 Å². The standard InChI is InChI=1S/C11H16N4O2S/c1-5-6(16)9-12-10(17-14-9)7-8(11(2,3)4)13-15-18-7/h6,16H,5H2,1-4H3. The van der Waals surface area contributed by atoms with Crippen LogP contribution in [0.1, 0.15) is 51.7 Å². The van der Waals surface area contributed by atoms with E-state index in [2.05, 4.69) is 19.7 Å². The molecule has 0 aliphatic rings. The maximum absolute atomic E-state index is 9.66. The van der Waals surface area contributed by atoms with Crippen LogP contribution in [0.3, 0.4) is 0 Å². The lowest BCUT2D eigenvalue weighted by Gasteiger charge is -2.14. The molecule has 0 spiro atoms. The van der Waals surface area contributed by atoms with E-state index >= 15 is 0 Å². The summed E-state index contributed by atoms with van der Waals surface area (Å²) in [6, 6.07) is 0. The summed E-state index contributed by atoms with van der Waals surface area (Å²) in [5.74, 6) is 0.679. The van der Waals surface area contributed by atoms with Gasteiger partial charge in [-0.05, 0) is 18.0 Å².